The topological polar surface area (TPSA) is 51.7 Å². The van der Waals surface area contributed by atoms with E-state index in [2.05, 4.69) is 14.6 Å². The number of nitrogens with zero attached hydrogens (tertiary/aromatic N) is 2. The molecule has 0 spiro atoms. The van der Waals surface area contributed by atoms with Crippen molar-refractivity contribution in [3.05, 3.63) is 53.7 Å². The first-order valence-corrected chi connectivity index (χ1v) is 7.91. The summed E-state index contributed by atoms with van der Waals surface area (Å²) in [4.78, 5) is 17.7. The maximum atomic E-state index is 12.2. The second-order valence-corrected chi connectivity index (χ2v) is 5.71. The van der Waals surface area contributed by atoms with Crippen molar-refractivity contribution in [2.75, 3.05) is 24.6 Å². The zero-order valence-corrected chi connectivity index (χ0v) is 13.7. The molecule has 5 nitrogen and oxygen atoms in total. The standard InChI is InChI=1S/C18H18F2N2O3/c1-12(23)14-4-7-17(21-10-14)22-8-9-24-16(11-22)13-2-5-15(6-3-13)25-18(19)20/h2-7,10,16,18H,8-9,11H2,1H3/t16-/m1/s1. The monoisotopic (exact) mass is 348 g/mol. The minimum atomic E-state index is -2.84. The minimum absolute atomic E-state index is 0.0231. The maximum absolute atomic E-state index is 12.2. The molecule has 1 saturated heterocycles. The van der Waals surface area contributed by atoms with Crippen LogP contribution >= 0.6 is 0 Å². The molecule has 1 fully saturated rings. The van der Waals surface area contributed by atoms with E-state index >= 15 is 0 Å². The number of ketones is 1. The van der Waals surface area contributed by atoms with Crippen molar-refractivity contribution < 1.29 is 23.0 Å². The second-order valence-electron chi connectivity index (χ2n) is 5.71. The number of rotatable bonds is 5. The number of pyridine rings is 1. The van der Waals surface area contributed by atoms with Crippen LogP contribution in [0.2, 0.25) is 0 Å². The third-order valence-corrected chi connectivity index (χ3v) is 4.02. The number of aromatic nitrogens is 1. The largest absolute Gasteiger partial charge is 0.435 e. The quantitative estimate of drug-likeness (QED) is 0.775. The number of hydrogen-bond donors (Lipinski definition) is 0. The van der Waals surface area contributed by atoms with Crippen LogP contribution in [0.15, 0.2) is 42.6 Å². The lowest BCUT2D eigenvalue weighted by molar-refractivity contribution is -0.0498. The van der Waals surface area contributed by atoms with Gasteiger partial charge < -0.3 is 14.4 Å². The number of halogens is 2. The molecule has 0 unspecified atom stereocenters. The van der Waals surface area contributed by atoms with Crippen molar-refractivity contribution in [3.8, 4) is 5.75 Å². The van der Waals surface area contributed by atoms with Gasteiger partial charge in [-0.05, 0) is 36.8 Å². The number of benzene rings is 1. The van der Waals surface area contributed by atoms with Crippen LogP contribution in [0.5, 0.6) is 5.75 Å². The lowest BCUT2D eigenvalue weighted by Crippen LogP contribution is -2.38. The molecule has 1 atom stereocenters. The summed E-state index contributed by atoms with van der Waals surface area (Å²) in [6, 6.07) is 10.0. The van der Waals surface area contributed by atoms with Gasteiger partial charge in [-0.15, -0.1) is 0 Å². The van der Waals surface area contributed by atoms with Crippen LogP contribution in [-0.2, 0) is 4.74 Å². The highest BCUT2D eigenvalue weighted by molar-refractivity contribution is 5.93. The Morgan fingerprint density at radius 2 is 2.04 bits per heavy atom. The van der Waals surface area contributed by atoms with Crippen molar-refractivity contribution in [2.24, 2.45) is 0 Å². The molecule has 0 radical (unpaired) electrons. The summed E-state index contributed by atoms with van der Waals surface area (Å²) in [5, 5.41) is 0. The highest BCUT2D eigenvalue weighted by atomic mass is 19.3. The van der Waals surface area contributed by atoms with Crippen LogP contribution in [0, 0.1) is 0 Å². The zero-order valence-electron chi connectivity index (χ0n) is 13.7. The van der Waals surface area contributed by atoms with Crippen LogP contribution in [0.3, 0.4) is 0 Å². The minimum Gasteiger partial charge on any atom is -0.435 e. The normalized spacial score (nSPS) is 17.6. The van der Waals surface area contributed by atoms with Crippen molar-refractivity contribution in [2.45, 2.75) is 19.6 Å². The molecular weight excluding hydrogens is 330 g/mol. The first kappa shape index (κ1) is 17.3. The number of alkyl halides is 2. The van der Waals surface area contributed by atoms with E-state index in [0.717, 1.165) is 11.4 Å². The number of morpholine rings is 1. The number of Topliss-reactive ketones (excluding diaryl/α,β-unsaturated/α-hetero) is 1. The molecule has 1 aromatic carbocycles. The first-order valence-electron chi connectivity index (χ1n) is 7.91. The molecule has 2 heterocycles. The molecule has 1 aliphatic rings. The van der Waals surface area contributed by atoms with Crippen molar-refractivity contribution in [3.63, 3.8) is 0 Å². The molecule has 0 N–H and O–H groups in total. The van der Waals surface area contributed by atoms with Gasteiger partial charge >= 0.3 is 6.61 Å². The van der Waals surface area contributed by atoms with Gasteiger partial charge in [0.25, 0.3) is 0 Å². The summed E-state index contributed by atoms with van der Waals surface area (Å²) in [5.41, 5.74) is 1.45. The van der Waals surface area contributed by atoms with E-state index in [0.29, 0.717) is 25.3 Å². The number of hydrogen-bond acceptors (Lipinski definition) is 5. The van der Waals surface area contributed by atoms with E-state index in [-0.39, 0.29) is 17.6 Å². The third-order valence-electron chi connectivity index (χ3n) is 4.02. The maximum Gasteiger partial charge on any atom is 0.387 e. The number of ether oxygens (including phenoxy) is 2. The number of anilines is 1. The highest BCUT2D eigenvalue weighted by Gasteiger charge is 2.23. The SMILES string of the molecule is CC(=O)c1ccc(N2CCO[C@@H](c3ccc(OC(F)F)cc3)C2)nc1. The molecule has 1 aliphatic heterocycles. The predicted octanol–water partition coefficient (Wildman–Crippen LogP) is 3.46. The van der Waals surface area contributed by atoms with E-state index in [1.54, 1.807) is 24.4 Å². The molecule has 132 valence electrons. The smallest absolute Gasteiger partial charge is 0.387 e. The van der Waals surface area contributed by atoms with Gasteiger partial charge in [0.2, 0.25) is 0 Å². The number of carbonyl (C=O) groups is 1. The van der Waals surface area contributed by atoms with Gasteiger partial charge in [-0.2, -0.15) is 8.78 Å². The molecule has 3 rings (SSSR count). The summed E-state index contributed by atoms with van der Waals surface area (Å²) < 4.78 is 34.6. The second kappa shape index (κ2) is 7.57. The Morgan fingerprint density at radius 1 is 1.28 bits per heavy atom. The van der Waals surface area contributed by atoms with Crippen LogP contribution in [-0.4, -0.2) is 37.1 Å². The van der Waals surface area contributed by atoms with Crippen LogP contribution in [0.1, 0.15) is 28.9 Å². The van der Waals surface area contributed by atoms with Crippen LogP contribution in [0.25, 0.3) is 0 Å². The Kier molecular flexibility index (Phi) is 5.23. The van der Waals surface area contributed by atoms with E-state index in [4.69, 9.17) is 4.74 Å². The molecule has 1 aromatic heterocycles. The molecule has 0 bridgehead atoms. The van der Waals surface area contributed by atoms with Gasteiger partial charge in [0, 0.05) is 24.8 Å². The third kappa shape index (κ3) is 4.30. The van der Waals surface area contributed by atoms with Crippen LogP contribution in [0.4, 0.5) is 14.6 Å². The Bertz CT molecular complexity index is 720. The van der Waals surface area contributed by atoms with Crippen LogP contribution < -0.4 is 9.64 Å². The predicted molar refractivity (Wildman–Crippen MR) is 88.2 cm³/mol. The summed E-state index contributed by atoms with van der Waals surface area (Å²) in [6.45, 7) is 0.465. The van der Waals surface area contributed by atoms with Crippen molar-refractivity contribution >= 4 is 11.6 Å². The molecule has 0 saturated carbocycles. The average molecular weight is 348 g/mol. The molecule has 7 heteroatoms. The summed E-state index contributed by atoms with van der Waals surface area (Å²) >= 11 is 0. The van der Waals surface area contributed by atoms with E-state index in [9.17, 15) is 13.6 Å². The Labute approximate surface area is 144 Å². The summed E-state index contributed by atoms with van der Waals surface area (Å²) in [7, 11) is 0. The molecule has 25 heavy (non-hydrogen) atoms. The van der Waals surface area contributed by atoms with Gasteiger partial charge in [-0.3, -0.25) is 4.79 Å². The fourth-order valence-electron chi connectivity index (χ4n) is 2.70. The van der Waals surface area contributed by atoms with Crippen molar-refractivity contribution in [1.82, 2.24) is 4.98 Å². The molecule has 2 aromatic rings. The number of carbonyl (C=O) groups excluding carboxylic acids is 1. The first-order chi connectivity index (χ1) is 12.0. The fraction of sp³-hybridized carbons (Fsp3) is 0.333. The zero-order chi connectivity index (χ0) is 17.8. The Hall–Kier alpha value is -2.54. The van der Waals surface area contributed by atoms with Gasteiger partial charge in [-0.1, -0.05) is 12.1 Å². The fourth-order valence-corrected chi connectivity index (χ4v) is 2.70. The lowest BCUT2D eigenvalue weighted by Gasteiger charge is -2.34. The summed E-state index contributed by atoms with van der Waals surface area (Å²) in [5.74, 6) is 0.869. The van der Waals surface area contributed by atoms with Gasteiger partial charge in [0.1, 0.15) is 17.7 Å². The average Bonchev–Trinajstić information content (AvgIpc) is 2.62. The van der Waals surface area contributed by atoms with Gasteiger partial charge in [0.05, 0.1) is 6.61 Å². The molecule has 0 amide bonds. The Morgan fingerprint density at radius 3 is 2.64 bits per heavy atom. The van der Waals surface area contributed by atoms with Crippen molar-refractivity contribution in [1.29, 1.82) is 0 Å². The highest BCUT2D eigenvalue weighted by Crippen LogP contribution is 2.27. The summed E-state index contributed by atoms with van der Waals surface area (Å²) in [6.07, 6.45) is 1.38. The molecular formula is C18H18F2N2O3. The van der Waals surface area contributed by atoms with Gasteiger partial charge in [0.15, 0.2) is 5.78 Å². The van der Waals surface area contributed by atoms with Gasteiger partial charge in [-0.25, -0.2) is 4.98 Å². The lowest BCUT2D eigenvalue weighted by atomic mass is 10.1. The van der Waals surface area contributed by atoms with E-state index in [1.165, 1.54) is 19.1 Å². The Balaban J connectivity index is 1.69. The van der Waals surface area contributed by atoms with E-state index in [1.807, 2.05) is 6.07 Å². The molecule has 0 aliphatic carbocycles. The van der Waals surface area contributed by atoms with E-state index < -0.39 is 6.61 Å².